The smallest absolute Gasteiger partial charge is 0.138 e. The molecule has 3 aromatic rings. The zero-order chi connectivity index (χ0) is 14.8. The maximum atomic E-state index is 5.71. The van der Waals surface area contributed by atoms with E-state index in [4.69, 9.17) is 4.74 Å². The molecule has 1 aromatic carbocycles. The number of benzene rings is 1. The van der Waals surface area contributed by atoms with E-state index < -0.39 is 0 Å². The average molecular weight is 311 g/mol. The van der Waals surface area contributed by atoms with Gasteiger partial charge in [0.05, 0.1) is 11.9 Å². The summed E-state index contributed by atoms with van der Waals surface area (Å²) in [5.74, 6) is 1.84. The van der Waals surface area contributed by atoms with Gasteiger partial charge in [-0.2, -0.15) is 0 Å². The minimum atomic E-state index is 0.613. The van der Waals surface area contributed by atoms with Crippen LogP contribution in [0.4, 0.5) is 5.82 Å². The molecular weight excluding hydrogens is 294 g/mol. The molecule has 0 amide bonds. The fourth-order valence-electron chi connectivity index (χ4n) is 2.92. The third kappa shape index (κ3) is 2.52. The molecule has 0 atom stereocenters. The van der Waals surface area contributed by atoms with Crippen LogP contribution in [0.1, 0.15) is 16.9 Å². The molecule has 2 heterocycles. The molecule has 1 N–H and O–H groups in total. The van der Waals surface area contributed by atoms with Gasteiger partial charge in [0.1, 0.15) is 29.3 Å². The van der Waals surface area contributed by atoms with E-state index in [9.17, 15) is 0 Å². The van der Waals surface area contributed by atoms with Gasteiger partial charge >= 0.3 is 0 Å². The van der Waals surface area contributed by atoms with Gasteiger partial charge in [-0.05, 0) is 37.0 Å². The summed E-state index contributed by atoms with van der Waals surface area (Å²) < 4.78 is 5.71. The second-order valence-corrected chi connectivity index (χ2v) is 6.43. The lowest BCUT2D eigenvalue weighted by Gasteiger charge is -2.09. The number of anilines is 1. The highest BCUT2D eigenvalue weighted by molar-refractivity contribution is 7.19. The number of para-hydroxylation sites is 1. The van der Waals surface area contributed by atoms with Crippen molar-refractivity contribution in [2.75, 3.05) is 18.5 Å². The Hall–Kier alpha value is -2.14. The molecule has 0 saturated heterocycles. The van der Waals surface area contributed by atoms with Crippen molar-refractivity contribution < 1.29 is 4.74 Å². The van der Waals surface area contributed by atoms with E-state index in [2.05, 4.69) is 15.3 Å². The van der Waals surface area contributed by atoms with Crippen molar-refractivity contribution in [2.24, 2.45) is 0 Å². The van der Waals surface area contributed by atoms with Crippen LogP contribution in [0.5, 0.6) is 5.75 Å². The van der Waals surface area contributed by atoms with Crippen LogP contribution in [0, 0.1) is 0 Å². The summed E-state index contributed by atoms with van der Waals surface area (Å²) in [5.41, 5.74) is 1.45. The summed E-state index contributed by atoms with van der Waals surface area (Å²) in [6, 6.07) is 9.87. The van der Waals surface area contributed by atoms with E-state index >= 15 is 0 Å². The van der Waals surface area contributed by atoms with Crippen molar-refractivity contribution in [3.05, 3.63) is 47.1 Å². The first kappa shape index (κ1) is 13.5. The minimum Gasteiger partial charge on any atom is -0.492 e. The van der Waals surface area contributed by atoms with Crippen molar-refractivity contribution in [3.8, 4) is 5.75 Å². The van der Waals surface area contributed by atoms with Gasteiger partial charge in [0.25, 0.3) is 0 Å². The van der Waals surface area contributed by atoms with Gasteiger partial charge in [0.2, 0.25) is 0 Å². The second-order valence-electron chi connectivity index (χ2n) is 5.35. The largest absolute Gasteiger partial charge is 0.492 e. The normalized spacial score (nSPS) is 13.3. The molecule has 0 aliphatic heterocycles. The number of nitrogens with one attached hydrogen (secondary N) is 1. The summed E-state index contributed by atoms with van der Waals surface area (Å²) >= 11 is 1.81. The molecule has 1 aliphatic rings. The van der Waals surface area contributed by atoms with Crippen LogP contribution in [0.25, 0.3) is 10.2 Å². The third-order valence-electron chi connectivity index (χ3n) is 3.91. The lowest BCUT2D eigenvalue weighted by Crippen LogP contribution is -2.12. The van der Waals surface area contributed by atoms with Gasteiger partial charge < -0.3 is 10.1 Å². The van der Waals surface area contributed by atoms with Gasteiger partial charge in [0, 0.05) is 4.88 Å². The van der Waals surface area contributed by atoms with Gasteiger partial charge in [0.15, 0.2) is 0 Å². The van der Waals surface area contributed by atoms with Crippen LogP contribution in [-0.2, 0) is 12.8 Å². The van der Waals surface area contributed by atoms with Crippen molar-refractivity contribution in [3.63, 3.8) is 0 Å². The summed E-state index contributed by atoms with van der Waals surface area (Å²) in [7, 11) is 0. The number of thiophene rings is 1. The number of nitrogens with zero attached hydrogens (tertiary/aromatic N) is 2. The van der Waals surface area contributed by atoms with E-state index in [1.54, 1.807) is 6.33 Å². The molecule has 0 fully saturated rings. The summed E-state index contributed by atoms with van der Waals surface area (Å²) in [4.78, 5) is 11.4. The summed E-state index contributed by atoms with van der Waals surface area (Å²) in [5, 5.41) is 4.63. The van der Waals surface area contributed by atoms with Crippen molar-refractivity contribution >= 4 is 27.4 Å². The Morgan fingerprint density at radius 1 is 1.14 bits per heavy atom. The standard InChI is InChI=1S/C17H17N3OS/c1-2-5-12(6-3-1)21-10-9-18-16-15-13-7-4-8-14(13)22-17(15)20-11-19-16/h1-3,5-6,11H,4,7-10H2,(H,18,19,20). The Labute approximate surface area is 133 Å². The predicted molar refractivity (Wildman–Crippen MR) is 89.9 cm³/mol. The number of rotatable bonds is 5. The molecule has 0 radical (unpaired) electrons. The van der Waals surface area contributed by atoms with Gasteiger partial charge in [-0.15, -0.1) is 11.3 Å². The number of aromatic nitrogens is 2. The molecule has 0 spiro atoms. The fraction of sp³-hybridized carbons (Fsp3) is 0.294. The zero-order valence-electron chi connectivity index (χ0n) is 12.2. The molecule has 112 valence electrons. The quantitative estimate of drug-likeness (QED) is 0.730. The Bertz CT molecular complexity index is 785. The molecule has 22 heavy (non-hydrogen) atoms. The number of fused-ring (bicyclic) bond motifs is 3. The van der Waals surface area contributed by atoms with Crippen molar-refractivity contribution in [2.45, 2.75) is 19.3 Å². The Balaban J connectivity index is 1.46. The number of ether oxygens (including phenoxy) is 1. The van der Waals surface area contributed by atoms with Crippen molar-refractivity contribution in [1.29, 1.82) is 0 Å². The number of hydrogen-bond donors (Lipinski definition) is 1. The highest BCUT2D eigenvalue weighted by Crippen LogP contribution is 2.38. The molecule has 0 bridgehead atoms. The van der Waals surface area contributed by atoms with Crippen LogP contribution in [0.3, 0.4) is 0 Å². The van der Waals surface area contributed by atoms with Crippen LogP contribution in [-0.4, -0.2) is 23.1 Å². The number of hydrogen-bond acceptors (Lipinski definition) is 5. The van der Waals surface area contributed by atoms with E-state index in [0.29, 0.717) is 6.61 Å². The van der Waals surface area contributed by atoms with E-state index in [-0.39, 0.29) is 0 Å². The minimum absolute atomic E-state index is 0.613. The monoisotopic (exact) mass is 311 g/mol. The van der Waals surface area contributed by atoms with Crippen LogP contribution >= 0.6 is 11.3 Å². The SMILES string of the molecule is c1ccc(OCCNc2ncnc3sc4c(c23)CCC4)cc1. The number of aryl methyl sites for hydroxylation is 2. The highest BCUT2D eigenvalue weighted by atomic mass is 32.1. The second kappa shape index (κ2) is 5.93. The predicted octanol–water partition coefficient (Wildman–Crippen LogP) is 3.67. The molecule has 0 saturated carbocycles. The van der Waals surface area contributed by atoms with E-state index in [1.165, 1.54) is 28.7 Å². The summed E-state index contributed by atoms with van der Waals surface area (Å²) in [6.45, 7) is 1.34. The van der Waals surface area contributed by atoms with Crippen LogP contribution in [0.2, 0.25) is 0 Å². The molecule has 4 nitrogen and oxygen atoms in total. The van der Waals surface area contributed by atoms with Gasteiger partial charge in [-0.25, -0.2) is 9.97 Å². The molecule has 0 unspecified atom stereocenters. The van der Waals surface area contributed by atoms with Gasteiger partial charge in [-0.3, -0.25) is 0 Å². The van der Waals surface area contributed by atoms with Crippen molar-refractivity contribution in [1.82, 2.24) is 9.97 Å². The highest BCUT2D eigenvalue weighted by Gasteiger charge is 2.20. The Morgan fingerprint density at radius 3 is 2.95 bits per heavy atom. The molecular formula is C17H17N3OS. The Morgan fingerprint density at radius 2 is 2.05 bits per heavy atom. The van der Waals surface area contributed by atoms with E-state index in [1.807, 2.05) is 41.7 Å². The van der Waals surface area contributed by atoms with Gasteiger partial charge in [-0.1, -0.05) is 18.2 Å². The zero-order valence-corrected chi connectivity index (χ0v) is 13.0. The Kier molecular flexibility index (Phi) is 3.64. The first-order valence-electron chi connectivity index (χ1n) is 7.59. The average Bonchev–Trinajstić information content (AvgIpc) is 3.13. The topological polar surface area (TPSA) is 47.0 Å². The molecule has 5 heteroatoms. The fourth-order valence-corrected chi connectivity index (χ4v) is 4.15. The van der Waals surface area contributed by atoms with Crippen LogP contribution < -0.4 is 10.1 Å². The molecule has 4 rings (SSSR count). The molecule has 1 aliphatic carbocycles. The summed E-state index contributed by atoms with van der Waals surface area (Å²) in [6.07, 6.45) is 5.24. The molecule has 2 aromatic heterocycles. The maximum Gasteiger partial charge on any atom is 0.138 e. The first-order chi connectivity index (χ1) is 10.9. The third-order valence-corrected chi connectivity index (χ3v) is 5.11. The lowest BCUT2D eigenvalue weighted by molar-refractivity contribution is 0.333. The maximum absolute atomic E-state index is 5.71. The van der Waals surface area contributed by atoms with Crippen LogP contribution in [0.15, 0.2) is 36.7 Å². The van der Waals surface area contributed by atoms with E-state index in [0.717, 1.165) is 29.4 Å². The first-order valence-corrected chi connectivity index (χ1v) is 8.40. The lowest BCUT2D eigenvalue weighted by atomic mass is 10.2.